The smallest absolute Gasteiger partial charge is 0.339 e. The first-order chi connectivity index (χ1) is 12.6. The number of sulfonamides is 1. The highest BCUT2D eigenvalue weighted by Gasteiger charge is 2.24. The third-order valence-electron chi connectivity index (χ3n) is 3.48. The molecule has 1 aromatic heterocycles. The van der Waals surface area contributed by atoms with Crippen LogP contribution in [0.4, 0.5) is 0 Å². The highest BCUT2D eigenvalue weighted by molar-refractivity contribution is 9.10. The van der Waals surface area contributed by atoms with Crippen LogP contribution in [0.2, 0.25) is 0 Å². The van der Waals surface area contributed by atoms with Crippen LogP contribution in [0.25, 0.3) is 0 Å². The highest BCUT2D eigenvalue weighted by Crippen LogP contribution is 2.24. The van der Waals surface area contributed by atoms with Crippen LogP contribution < -0.4 is 0 Å². The average molecular weight is 462 g/mol. The number of esters is 1. The number of hydroxylamine groups is 1. The second-order valence-corrected chi connectivity index (χ2v) is 8.81. The van der Waals surface area contributed by atoms with Gasteiger partial charge in [0.1, 0.15) is 0 Å². The van der Waals surface area contributed by atoms with E-state index in [1.165, 1.54) is 32.4 Å². The zero-order valence-electron chi connectivity index (χ0n) is 15.3. The number of hydrogen-bond donors (Lipinski definition) is 0. The molecule has 0 spiro atoms. The van der Waals surface area contributed by atoms with Gasteiger partial charge in [0.25, 0.3) is 15.9 Å². The van der Waals surface area contributed by atoms with Crippen molar-refractivity contribution in [1.82, 2.24) is 14.6 Å². The third-order valence-corrected chi connectivity index (χ3v) is 5.85. The quantitative estimate of drug-likeness (QED) is 0.435. The van der Waals surface area contributed by atoms with Crippen LogP contribution in [0.15, 0.2) is 32.1 Å². The Labute approximate surface area is 165 Å². The van der Waals surface area contributed by atoms with Gasteiger partial charge in [-0.3, -0.25) is 4.84 Å². The van der Waals surface area contributed by atoms with Gasteiger partial charge in [0.05, 0.1) is 17.6 Å². The fraction of sp³-hybridized carbons (Fsp3) is 0.438. The Bertz CT molecular complexity index is 913. The maximum atomic E-state index is 12.4. The molecule has 2 aromatic rings. The molecule has 0 amide bonds. The van der Waals surface area contributed by atoms with Gasteiger partial charge in [0.15, 0.2) is 12.4 Å². The lowest BCUT2D eigenvalue weighted by Crippen LogP contribution is -2.26. The van der Waals surface area contributed by atoms with Crippen LogP contribution in [-0.4, -0.2) is 43.2 Å². The maximum absolute atomic E-state index is 12.4. The van der Waals surface area contributed by atoms with E-state index in [4.69, 9.17) is 14.1 Å². The lowest BCUT2D eigenvalue weighted by molar-refractivity contribution is -0.0258. The van der Waals surface area contributed by atoms with Gasteiger partial charge in [0, 0.05) is 17.9 Å². The summed E-state index contributed by atoms with van der Waals surface area (Å²) in [4.78, 5) is 21.1. The summed E-state index contributed by atoms with van der Waals surface area (Å²) in [6, 6.07) is 4.00. The summed E-state index contributed by atoms with van der Waals surface area (Å²) < 4.78 is 35.9. The molecule has 27 heavy (non-hydrogen) atoms. The summed E-state index contributed by atoms with van der Waals surface area (Å²) in [5.74, 6) is 0.331. The van der Waals surface area contributed by atoms with E-state index in [-0.39, 0.29) is 23.0 Å². The van der Waals surface area contributed by atoms with Gasteiger partial charge in [-0.2, -0.15) is 4.98 Å². The third kappa shape index (κ3) is 5.34. The number of aromatic nitrogens is 2. The van der Waals surface area contributed by atoms with E-state index in [0.717, 1.165) is 0 Å². The van der Waals surface area contributed by atoms with E-state index in [1.54, 1.807) is 0 Å². The van der Waals surface area contributed by atoms with E-state index in [2.05, 4.69) is 26.1 Å². The molecule has 1 aromatic carbocycles. The first kappa shape index (κ1) is 21.5. The SMILES string of the molecule is CON(C)S(=O)(=O)c1ccc(Br)c(C(=O)OCc2nc(CC(C)C)no2)c1. The number of carbonyl (C=O) groups excluding carboxylic acids is 1. The summed E-state index contributed by atoms with van der Waals surface area (Å²) in [6.07, 6.45) is 0.649. The minimum absolute atomic E-state index is 0.0440. The van der Waals surface area contributed by atoms with Gasteiger partial charge in [-0.25, -0.2) is 13.2 Å². The summed E-state index contributed by atoms with van der Waals surface area (Å²) in [6.45, 7) is 3.83. The predicted molar refractivity (Wildman–Crippen MR) is 98.1 cm³/mol. The number of carbonyl (C=O) groups is 1. The van der Waals surface area contributed by atoms with Crippen LogP contribution in [0.3, 0.4) is 0 Å². The largest absolute Gasteiger partial charge is 0.452 e. The second-order valence-electron chi connectivity index (χ2n) is 6.02. The van der Waals surface area contributed by atoms with Crippen LogP contribution in [0.1, 0.15) is 35.9 Å². The molecule has 1 heterocycles. The average Bonchev–Trinajstić information content (AvgIpc) is 3.05. The topological polar surface area (TPSA) is 112 Å². The van der Waals surface area contributed by atoms with E-state index in [0.29, 0.717) is 27.1 Å². The molecule has 0 aliphatic rings. The first-order valence-corrected chi connectivity index (χ1v) is 10.2. The molecule has 9 nitrogen and oxygen atoms in total. The molecule has 0 atom stereocenters. The number of nitrogens with zero attached hydrogens (tertiary/aromatic N) is 3. The monoisotopic (exact) mass is 461 g/mol. The minimum atomic E-state index is -3.90. The Balaban J connectivity index is 2.14. The Kier molecular flexibility index (Phi) is 7.09. The van der Waals surface area contributed by atoms with Crippen LogP contribution >= 0.6 is 15.9 Å². The normalized spacial score (nSPS) is 12.0. The lowest BCUT2D eigenvalue weighted by atomic mass is 10.1. The Hall–Kier alpha value is -1.82. The molecule has 0 fully saturated rings. The molecular weight excluding hydrogens is 442 g/mol. The number of ether oxygens (including phenoxy) is 1. The molecule has 0 saturated heterocycles. The number of rotatable bonds is 8. The Morgan fingerprint density at radius 1 is 1.37 bits per heavy atom. The van der Waals surface area contributed by atoms with Crippen molar-refractivity contribution in [2.75, 3.05) is 14.2 Å². The highest BCUT2D eigenvalue weighted by atomic mass is 79.9. The number of hydrogen-bond acceptors (Lipinski definition) is 8. The van der Waals surface area contributed by atoms with Crippen molar-refractivity contribution in [3.05, 3.63) is 40.0 Å². The van der Waals surface area contributed by atoms with Crippen LogP contribution in [0.5, 0.6) is 0 Å². The standard InChI is InChI=1S/C16H20BrN3O6S/c1-10(2)7-14-18-15(26-19-14)9-25-16(21)12-8-11(5-6-13(12)17)27(22,23)20(3)24-4/h5-6,8,10H,7,9H2,1-4H3. The number of benzene rings is 1. The molecule has 148 valence electrons. The van der Waals surface area contributed by atoms with Gasteiger partial charge >= 0.3 is 5.97 Å². The van der Waals surface area contributed by atoms with Gasteiger partial charge < -0.3 is 9.26 Å². The number of halogens is 1. The summed E-state index contributed by atoms with van der Waals surface area (Å²) in [5, 5.41) is 3.81. The van der Waals surface area contributed by atoms with Gasteiger partial charge in [-0.05, 0) is 40.0 Å². The van der Waals surface area contributed by atoms with Gasteiger partial charge in [-0.15, -0.1) is 0 Å². The molecule has 0 aliphatic heterocycles. The van der Waals surface area contributed by atoms with E-state index >= 15 is 0 Å². The van der Waals surface area contributed by atoms with Crippen molar-refractivity contribution in [1.29, 1.82) is 0 Å². The summed E-state index contributed by atoms with van der Waals surface area (Å²) in [5.41, 5.74) is 0.0440. The Morgan fingerprint density at radius 3 is 2.70 bits per heavy atom. The summed E-state index contributed by atoms with van der Waals surface area (Å²) >= 11 is 3.22. The Morgan fingerprint density at radius 2 is 2.07 bits per heavy atom. The molecule has 0 bridgehead atoms. The van der Waals surface area contributed by atoms with E-state index in [1.807, 2.05) is 13.8 Å². The molecule has 0 saturated carbocycles. The minimum Gasteiger partial charge on any atom is -0.452 e. The van der Waals surface area contributed by atoms with E-state index < -0.39 is 16.0 Å². The van der Waals surface area contributed by atoms with Gasteiger partial charge in [-0.1, -0.05) is 23.5 Å². The van der Waals surface area contributed by atoms with Crippen molar-refractivity contribution in [3.8, 4) is 0 Å². The van der Waals surface area contributed by atoms with Crippen LogP contribution in [-0.2, 0) is 32.6 Å². The molecule has 0 unspecified atom stereocenters. The fourth-order valence-electron chi connectivity index (χ4n) is 2.07. The zero-order valence-corrected chi connectivity index (χ0v) is 17.7. The molecule has 0 aliphatic carbocycles. The maximum Gasteiger partial charge on any atom is 0.339 e. The lowest BCUT2D eigenvalue weighted by Gasteiger charge is -2.15. The molecule has 0 radical (unpaired) electrons. The molecule has 11 heteroatoms. The first-order valence-electron chi connectivity index (χ1n) is 7.96. The van der Waals surface area contributed by atoms with Crippen molar-refractivity contribution < 1.29 is 27.3 Å². The second kappa shape index (κ2) is 8.91. The predicted octanol–water partition coefficient (Wildman–Crippen LogP) is 2.57. The van der Waals surface area contributed by atoms with Crippen molar-refractivity contribution >= 4 is 31.9 Å². The van der Waals surface area contributed by atoms with Crippen molar-refractivity contribution in [2.24, 2.45) is 5.92 Å². The van der Waals surface area contributed by atoms with E-state index in [9.17, 15) is 13.2 Å². The summed E-state index contributed by atoms with van der Waals surface area (Å²) in [7, 11) is -1.42. The zero-order chi connectivity index (χ0) is 20.2. The molecular formula is C16H20BrN3O6S. The molecule has 2 rings (SSSR count). The van der Waals surface area contributed by atoms with Crippen LogP contribution in [0, 0.1) is 5.92 Å². The van der Waals surface area contributed by atoms with Gasteiger partial charge in [0.2, 0.25) is 0 Å². The van der Waals surface area contributed by atoms with Crippen molar-refractivity contribution in [3.63, 3.8) is 0 Å². The van der Waals surface area contributed by atoms with Crippen molar-refractivity contribution in [2.45, 2.75) is 31.8 Å². The molecule has 0 N–H and O–H groups in total. The fourth-order valence-corrected chi connectivity index (χ4v) is 3.48.